The maximum absolute atomic E-state index is 13.6. The number of carboxylic acid groups (broad SMARTS) is 2. The van der Waals surface area contributed by atoms with Gasteiger partial charge in [0, 0.05) is 43.7 Å². The third-order valence-electron chi connectivity index (χ3n) is 11.9. The molecule has 2 N–H and O–H groups in total. The Morgan fingerprint density at radius 3 is 1.16 bits per heavy atom. The van der Waals surface area contributed by atoms with E-state index in [0.717, 1.165) is 0 Å². The fourth-order valence-corrected chi connectivity index (χ4v) is 11.5. The summed E-state index contributed by atoms with van der Waals surface area (Å²) in [5.74, 6) is -4.11. The van der Waals surface area contributed by atoms with Crippen LogP contribution in [-0.2, 0) is 48.3 Å². The van der Waals surface area contributed by atoms with E-state index in [2.05, 4.69) is 0 Å². The normalized spacial score (nSPS) is 21.9. The first kappa shape index (κ1) is 54.7. The molecule has 2 aliphatic heterocycles. The van der Waals surface area contributed by atoms with Crippen molar-refractivity contribution in [3.63, 3.8) is 0 Å². The highest BCUT2D eigenvalue weighted by atomic mass is 35.5. The maximum atomic E-state index is 13.6. The van der Waals surface area contributed by atoms with Gasteiger partial charge in [0.1, 0.15) is 24.4 Å². The van der Waals surface area contributed by atoms with Crippen LogP contribution >= 0.6 is 46.4 Å². The summed E-state index contributed by atoms with van der Waals surface area (Å²) in [6.45, 7) is 6.72. The van der Waals surface area contributed by atoms with E-state index in [1.54, 1.807) is 125 Å². The molecular formula is C48H54Cl4N2O12S2. The van der Waals surface area contributed by atoms with Crippen molar-refractivity contribution in [3.05, 3.63) is 139 Å². The minimum atomic E-state index is -3.44. The van der Waals surface area contributed by atoms with Crippen LogP contribution < -0.4 is 0 Å². The first-order valence-corrected chi connectivity index (χ1v) is 27.1. The number of ether oxygens (including phenoxy) is 2. The van der Waals surface area contributed by atoms with Crippen LogP contribution in [0.4, 0.5) is 0 Å². The van der Waals surface area contributed by atoms with Gasteiger partial charge in [0.25, 0.3) is 11.8 Å². The summed E-state index contributed by atoms with van der Waals surface area (Å²) < 4.78 is 62.5. The SMILES string of the molecule is CC[C@@H](CS(=O)(=O)CC)N1C(=O)[C@@H](CC(=O)O)O[C@H](c2cccc(Cl)c2)[C@H]1c1ccc(Cl)cc1.CC[C@@H](CS(=O)(=O)CC)N1C(=O)[C@H](CC(=O)O)O[C@H](c2cccc(Cl)c2)[C@H]1c1ccc(Cl)cc1. The lowest BCUT2D eigenvalue weighted by Crippen LogP contribution is -2.56. The Bertz CT molecular complexity index is 2460. The predicted molar refractivity (Wildman–Crippen MR) is 262 cm³/mol. The molecule has 0 bridgehead atoms. The topological polar surface area (TPSA) is 202 Å². The molecule has 14 nitrogen and oxygen atoms in total. The Balaban J connectivity index is 0.000000254. The molecule has 0 radical (unpaired) electrons. The lowest BCUT2D eigenvalue weighted by atomic mass is 9.89. The monoisotopic (exact) mass is 1050 g/mol. The molecule has 4 aromatic rings. The second-order valence-electron chi connectivity index (χ2n) is 16.4. The van der Waals surface area contributed by atoms with Crippen molar-refractivity contribution >= 4 is 89.8 Å². The third kappa shape index (κ3) is 14.0. The van der Waals surface area contributed by atoms with E-state index in [0.29, 0.717) is 55.2 Å². The fourth-order valence-electron chi connectivity index (χ4n) is 8.41. The lowest BCUT2D eigenvalue weighted by Gasteiger charge is -2.48. The summed E-state index contributed by atoms with van der Waals surface area (Å²) in [6.07, 6.45) is -4.48. The molecule has 0 spiro atoms. The lowest BCUT2D eigenvalue weighted by molar-refractivity contribution is -0.182. The molecule has 2 saturated heterocycles. The highest BCUT2D eigenvalue weighted by Crippen LogP contribution is 2.46. The molecule has 2 fully saturated rings. The molecule has 368 valence electrons. The molecule has 0 unspecified atom stereocenters. The van der Waals surface area contributed by atoms with Gasteiger partial charge in [0.15, 0.2) is 19.7 Å². The molecule has 0 aromatic heterocycles. The molecule has 8 atom stereocenters. The van der Waals surface area contributed by atoms with Gasteiger partial charge >= 0.3 is 11.9 Å². The second-order valence-corrected chi connectivity index (χ2v) is 22.9. The number of aliphatic carboxylic acids is 2. The van der Waals surface area contributed by atoms with Crippen molar-refractivity contribution in [2.24, 2.45) is 0 Å². The van der Waals surface area contributed by atoms with E-state index < -0.39 is 105 Å². The van der Waals surface area contributed by atoms with Crippen LogP contribution in [0.25, 0.3) is 0 Å². The Morgan fingerprint density at radius 1 is 0.544 bits per heavy atom. The number of nitrogens with zero attached hydrogens (tertiary/aromatic N) is 2. The van der Waals surface area contributed by atoms with Gasteiger partial charge in [0.2, 0.25) is 0 Å². The van der Waals surface area contributed by atoms with Crippen LogP contribution in [-0.4, -0.2) is 108 Å². The molecule has 0 saturated carbocycles. The summed E-state index contributed by atoms with van der Waals surface area (Å²) in [7, 11) is -6.88. The molecule has 0 aliphatic carbocycles. The number of hydrogen-bond donors (Lipinski definition) is 2. The molecule has 2 aliphatic rings. The van der Waals surface area contributed by atoms with E-state index in [9.17, 15) is 46.2 Å². The minimum Gasteiger partial charge on any atom is -0.481 e. The average molecular weight is 1060 g/mol. The summed E-state index contributed by atoms with van der Waals surface area (Å²) in [4.78, 5) is 53.3. The summed E-state index contributed by atoms with van der Waals surface area (Å²) in [5, 5.41) is 20.8. The molecular weight excluding hydrogens is 1000 g/mol. The Morgan fingerprint density at radius 2 is 0.882 bits per heavy atom. The smallest absolute Gasteiger partial charge is 0.306 e. The molecule has 68 heavy (non-hydrogen) atoms. The van der Waals surface area contributed by atoms with Crippen LogP contribution in [0, 0.1) is 0 Å². The van der Waals surface area contributed by atoms with E-state index in [4.69, 9.17) is 55.9 Å². The molecule has 20 heteroatoms. The van der Waals surface area contributed by atoms with Crippen LogP contribution in [0.3, 0.4) is 0 Å². The third-order valence-corrected chi connectivity index (χ3v) is 16.4. The number of halogens is 4. The van der Waals surface area contributed by atoms with E-state index in [-0.39, 0.29) is 23.0 Å². The van der Waals surface area contributed by atoms with Crippen molar-refractivity contribution in [3.8, 4) is 0 Å². The summed E-state index contributed by atoms with van der Waals surface area (Å²) >= 11 is 24.7. The number of morpholine rings is 2. The Kier molecular flexibility index (Phi) is 19.3. The summed E-state index contributed by atoms with van der Waals surface area (Å²) in [5.41, 5.74) is 2.66. The van der Waals surface area contributed by atoms with Gasteiger partial charge in [-0.1, -0.05) is 123 Å². The van der Waals surface area contributed by atoms with Gasteiger partial charge in [-0.3, -0.25) is 19.2 Å². The number of amides is 2. The average Bonchev–Trinajstić information content (AvgIpc) is 3.29. The molecule has 2 heterocycles. The van der Waals surface area contributed by atoms with Crippen molar-refractivity contribution in [2.75, 3.05) is 23.0 Å². The summed E-state index contributed by atoms with van der Waals surface area (Å²) in [6, 6.07) is 24.8. The van der Waals surface area contributed by atoms with Crippen LogP contribution in [0.15, 0.2) is 97.1 Å². The predicted octanol–water partition coefficient (Wildman–Crippen LogP) is 9.38. The number of carboxylic acids is 2. The van der Waals surface area contributed by atoms with Crippen molar-refractivity contribution in [1.29, 1.82) is 0 Å². The van der Waals surface area contributed by atoms with Crippen LogP contribution in [0.1, 0.15) is 99.9 Å². The standard InChI is InChI=1S/2C24H27Cl2NO6S/c2*1-3-19(14-34(31,32)4-2)27-22(15-8-10-17(25)11-9-15)23(16-6-5-7-18(26)12-16)33-20(24(27)30)13-21(28)29/h2*5-12,19-20,22-23H,3-4,13-14H2,1-2H3,(H,28,29)/t19-,20+,22+,23+;19-,20-,22+,23+/m00/s1. The van der Waals surface area contributed by atoms with Gasteiger partial charge in [-0.2, -0.15) is 0 Å². The number of sulfone groups is 2. The van der Waals surface area contributed by atoms with Crippen LogP contribution in [0.2, 0.25) is 20.1 Å². The van der Waals surface area contributed by atoms with Gasteiger partial charge in [-0.15, -0.1) is 0 Å². The maximum Gasteiger partial charge on any atom is 0.306 e. The highest BCUT2D eigenvalue weighted by molar-refractivity contribution is 7.91. The van der Waals surface area contributed by atoms with Gasteiger partial charge in [-0.25, -0.2) is 16.8 Å². The number of carbonyl (C=O) groups is 4. The van der Waals surface area contributed by atoms with Crippen molar-refractivity contribution in [1.82, 2.24) is 9.80 Å². The number of rotatable bonds is 18. The molecule has 2 amide bonds. The van der Waals surface area contributed by atoms with Crippen LogP contribution in [0.5, 0.6) is 0 Å². The van der Waals surface area contributed by atoms with Gasteiger partial charge in [0.05, 0.1) is 36.4 Å². The van der Waals surface area contributed by atoms with Crippen molar-refractivity contribution < 1.29 is 55.7 Å². The number of hydrogen-bond acceptors (Lipinski definition) is 10. The zero-order valence-electron chi connectivity index (χ0n) is 37.7. The fraction of sp³-hybridized carbons (Fsp3) is 0.417. The zero-order valence-corrected chi connectivity index (χ0v) is 42.4. The van der Waals surface area contributed by atoms with E-state index in [1.165, 1.54) is 9.80 Å². The first-order valence-electron chi connectivity index (χ1n) is 21.9. The largest absolute Gasteiger partial charge is 0.481 e. The second kappa shape index (κ2) is 24.0. The Hall–Kier alpha value is -4.26. The Labute approximate surface area is 417 Å². The first-order chi connectivity index (χ1) is 32.1. The zero-order chi connectivity index (χ0) is 50.1. The minimum absolute atomic E-state index is 0.0656. The molecule has 4 aromatic carbocycles. The van der Waals surface area contributed by atoms with Crippen molar-refractivity contribution in [2.45, 2.75) is 102 Å². The number of carbonyl (C=O) groups excluding carboxylic acids is 2. The quantitative estimate of drug-likeness (QED) is 0.0958. The van der Waals surface area contributed by atoms with E-state index >= 15 is 0 Å². The number of benzene rings is 4. The van der Waals surface area contributed by atoms with E-state index in [1.807, 2.05) is 0 Å². The highest BCUT2D eigenvalue weighted by Gasteiger charge is 2.49. The van der Waals surface area contributed by atoms with Gasteiger partial charge in [-0.05, 0) is 83.6 Å². The van der Waals surface area contributed by atoms with Gasteiger partial charge < -0.3 is 29.5 Å². The molecule has 6 rings (SSSR count).